The Morgan fingerprint density at radius 2 is 1.83 bits per heavy atom. The van der Waals surface area contributed by atoms with Crippen LogP contribution in [0.5, 0.6) is 0 Å². The molecule has 0 aromatic heterocycles. The van der Waals surface area contributed by atoms with Gasteiger partial charge in [0.05, 0.1) is 6.10 Å². The molecule has 1 nitrogen and oxygen atoms in total. The summed E-state index contributed by atoms with van der Waals surface area (Å²) >= 11 is 0. The van der Waals surface area contributed by atoms with Crippen LogP contribution in [-0.2, 0) is 0 Å². The highest BCUT2D eigenvalue weighted by Gasteiger charge is 2.31. The molecule has 1 aliphatic carbocycles. The summed E-state index contributed by atoms with van der Waals surface area (Å²) in [5, 5.41) is 9.67. The van der Waals surface area contributed by atoms with Crippen molar-refractivity contribution < 1.29 is 5.11 Å². The van der Waals surface area contributed by atoms with Gasteiger partial charge in [-0.3, -0.25) is 0 Å². The summed E-state index contributed by atoms with van der Waals surface area (Å²) in [5.74, 6) is 1.70. The summed E-state index contributed by atoms with van der Waals surface area (Å²) < 4.78 is 0. The first-order valence-corrected chi connectivity index (χ1v) is 4.85. The molecule has 0 spiro atoms. The molecule has 0 radical (unpaired) electrons. The van der Waals surface area contributed by atoms with E-state index in [1.807, 2.05) is 0 Å². The van der Waals surface area contributed by atoms with Crippen molar-refractivity contribution >= 4 is 0 Å². The number of rotatable bonds is 1. The number of hydrogen-bond donors (Lipinski definition) is 1. The van der Waals surface area contributed by atoms with E-state index in [1.54, 1.807) is 0 Å². The van der Waals surface area contributed by atoms with Crippen LogP contribution >= 0.6 is 0 Å². The first kappa shape index (κ1) is 9.79. The van der Waals surface area contributed by atoms with Gasteiger partial charge in [-0.15, -0.1) is 0 Å². The van der Waals surface area contributed by atoms with Gasteiger partial charge in [0.25, 0.3) is 0 Å². The summed E-state index contributed by atoms with van der Waals surface area (Å²) in [7, 11) is 0. The fraction of sp³-hybridized carbons (Fsp3) is 0.818. The third-order valence-electron chi connectivity index (χ3n) is 3.22. The molecular weight excluding hydrogens is 148 g/mol. The van der Waals surface area contributed by atoms with Crippen molar-refractivity contribution in [2.45, 2.75) is 39.7 Å². The number of aliphatic hydroxyl groups excluding tert-OH is 1. The minimum atomic E-state index is -0.108. The Morgan fingerprint density at radius 1 is 1.25 bits per heavy atom. The molecule has 1 heteroatoms. The lowest BCUT2D eigenvalue weighted by Crippen LogP contribution is -2.33. The molecule has 4 unspecified atom stereocenters. The minimum absolute atomic E-state index is 0.108. The zero-order valence-corrected chi connectivity index (χ0v) is 8.38. The third kappa shape index (κ3) is 1.89. The van der Waals surface area contributed by atoms with Crippen molar-refractivity contribution in [3.63, 3.8) is 0 Å². The summed E-state index contributed by atoms with van der Waals surface area (Å²) in [4.78, 5) is 0. The Labute approximate surface area is 75.5 Å². The van der Waals surface area contributed by atoms with Crippen LogP contribution < -0.4 is 0 Å². The standard InChI is InChI=1S/C11H20O/c1-7(2)10-6-11(12)9(4)5-8(10)3/h8-12H,1,5-6H2,2-4H3. The minimum Gasteiger partial charge on any atom is -0.393 e. The van der Waals surface area contributed by atoms with Crippen molar-refractivity contribution in [2.75, 3.05) is 0 Å². The van der Waals surface area contributed by atoms with Crippen LogP contribution in [-0.4, -0.2) is 11.2 Å². The largest absolute Gasteiger partial charge is 0.393 e. The second-order valence-corrected chi connectivity index (χ2v) is 4.45. The molecule has 0 amide bonds. The average molecular weight is 168 g/mol. The lowest BCUT2D eigenvalue weighted by Gasteiger charge is -2.36. The molecule has 0 aromatic carbocycles. The Bertz CT molecular complexity index is 174. The normalized spacial score (nSPS) is 42.7. The lowest BCUT2D eigenvalue weighted by atomic mass is 9.71. The molecule has 0 heterocycles. The van der Waals surface area contributed by atoms with Crippen molar-refractivity contribution in [3.05, 3.63) is 12.2 Å². The van der Waals surface area contributed by atoms with Crippen molar-refractivity contribution in [2.24, 2.45) is 17.8 Å². The molecule has 1 aliphatic rings. The zero-order valence-electron chi connectivity index (χ0n) is 8.38. The van der Waals surface area contributed by atoms with Crippen LogP contribution in [0.3, 0.4) is 0 Å². The van der Waals surface area contributed by atoms with Gasteiger partial charge in [-0.1, -0.05) is 26.0 Å². The maximum Gasteiger partial charge on any atom is 0.0571 e. The molecule has 0 aliphatic heterocycles. The molecule has 1 rings (SSSR count). The molecule has 1 fully saturated rings. The van der Waals surface area contributed by atoms with Gasteiger partial charge >= 0.3 is 0 Å². The Morgan fingerprint density at radius 3 is 2.33 bits per heavy atom. The van der Waals surface area contributed by atoms with Crippen LogP contribution in [0.4, 0.5) is 0 Å². The van der Waals surface area contributed by atoms with Gasteiger partial charge in [-0.2, -0.15) is 0 Å². The highest BCUT2D eigenvalue weighted by atomic mass is 16.3. The topological polar surface area (TPSA) is 20.2 Å². The fourth-order valence-electron chi connectivity index (χ4n) is 2.32. The maximum atomic E-state index is 9.67. The van der Waals surface area contributed by atoms with Crippen LogP contribution in [0, 0.1) is 17.8 Å². The second kappa shape index (κ2) is 3.61. The zero-order chi connectivity index (χ0) is 9.30. The average Bonchev–Trinajstić information content (AvgIpc) is 1.96. The predicted octanol–water partition coefficient (Wildman–Crippen LogP) is 2.61. The lowest BCUT2D eigenvalue weighted by molar-refractivity contribution is 0.0378. The molecule has 0 saturated heterocycles. The van der Waals surface area contributed by atoms with E-state index >= 15 is 0 Å². The molecule has 0 bridgehead atoms. The maximum absolute atomic E-state index is 9.67. The molecule has 0 aromatic rings. The predicted molar refractivity (Wildman–Crippen MR) is 51.9 cm³/mol. The first-order valence-electron chi connectivity index (χ1n) is 4.85. The Balaban J connectivity index is 2.61. The van der Waals surface area contributed by atoms with E-state index in [0.29, 0.717) is 17.8 Å². The van der Waals surface area contributed by atoms with Gasteiger partial charge in [0.1, 0.15) is 0 Å². The SMILES string of the molecule is C=C(C)C1CC(O)C(C)CC1C. The molecule has 70 valence electrons. The van der Waals surface area contributed by atoms with E-state index in [-0.39, 0.29) is 6.10 Å². The van der Waals surface area contributed by atoms with Crippen LogP contribution in [0.2, 0.25) is 0 Å². The van der Waals surface area contributed by atoms with Gasteiger partial charge in [-0.05, 0) is 37.5 Å². The van der Waals surface area contributed by atoms with Gasteiger partial charge in [0, 0.05) is 0 Å². The quantitative estimate of drug-likeness (QED) is 0.597. The van der Waals surface area contributed by atoms with E-state index in [0.717, 1.165) is 12.8 Å². The summed E-state index contributed by atoms with van der Waals surface area (Å²) in [6, 6.07) is 0. The van der Waals surface area contributed by atoms with Gasteiger partial charge in [-0.25, -0.2) is 0 Å². The van der Waals surface area contributed by atoms with Crippen LogP contribution in [0.1, 0.15) is 33.6 Å². The number of hydrogen-bond acceptors (Lipinski definition) is 1. The van der Waals surface area contributed by atoms with E-state index in [4.69, 9.17) is 0 Å². The Hall–Kier alpha value is -0.300. The first-order chi connectivity index (χ1) is 5.52. The fourth-order valence-corrected chi connectivity index (χ4v) is 2.32. The highest BCUT2D eigenvalue weighted by Crippen LogP contribution is 2.36. The summed E-state index contributed by atoms with van der Waals surface area (Å²) in [6.07, 6.45) is 1.94. The van der Waals surface area contributed by atoms with E-state index in [9.17, 15) is 5.11 Å². The van der Waals surface area contributed by atoms with Gasteiger partial charge < -0.3 is 5.11 Å². The summed E-state index contributed by atoms with van der Waals surface area (Å²) in [6.45, 7) is 10.5. The van der Waals surface area contributed by atoms with E-state index in [2.05, 4.69) is 27.4 Å². The van der Waals surface area contributed by atoms with Crippen LogP contribution in [0.25, 0.3) is 0 Å². The van der Waals surface area contributed by atoms with Crippen molar-refractivity contribution in [1.29, 1.82) is 0 Å². The van der Waals surface area contributed by atoms with E-state index in [1.165, 1.54) is 5.57 Å². The highest BCUT2D eigenvalue weighted by molar-refractivity contribution is 5.01. The van der Waals surface area contributed by atoms with Crippen molar-refractivity contribution in [1.82, 2.24) is 0 Å². The number of allylic oxidation sites excluding steroid dienone is 1. The Kier molecular flexibility index (Phi) is 2.94. The van der Waals surface area contributed by atoms with Crippen LogP contribution in [0.15, 0.2) is 12.2 Å². The van der Waals surface area contributed by atoms with E-state index < -0.39 is 0 Å². The molecular formula is C11H20O. The molecule has 1 saturated carbocycles. The molecule has 4 atom stereocenters. The second-order valence-electron chi connectivity index (χ2n) is 4.45. The van der Waals surface area contributed by atoms with Gasteiger partial charge in [0.2, 0.25) is 0 Å². The van der Waals surface area contributed by atoms with Crippen molar-refractivity contribution in [3.8, 4) is 0 Å². The summed E-state index contributed by atoms with van der Waals surface area (Å²) in [5.41, 5.74) is 1.23. The molecule has 12 heavy (non-hydrogen) atoms. The third-order valence-corrected chi connectivity index (χ3v) is 3.22. The molecule has 1 N–H and O–H groups in total. The monoisotopic (exact) mass is 168 g/mol. The smallest absolute Gasteiger partial charge is 0.0571 e. The number of aliphatic hydroxyl groups is 1. The van der Waals surface area contributed by atoms with Gasteiger partial charge in [0.15, 0.2) is 0 Å².